The van der Waals surface area contributed by atoms with E-state index in [2.05, 4.69) is 11.9 Å². The van der Waals surface area contributed by atoms with Gasteiger partial charge in [0.1, 0.15) is 4.90 Å². The van der Waals surface area contributed by atoms with Crippen LogP contribution in [-0.4, -0.2) is 50.8 Å². The van der Waals surface area contributed by atoms with E-state index < -0.39 is 10.0 Å². The summed E-state index contributed by atoms with van der Waals surface area (Å²) in [5.74, 6) is -0.362. The summed E-state index contributed by atoms with van der Waals surface area (Å²) in [7, 11) is -4.04. The van der Waals surface area contributed by atoms with Crippen LogP contribution in [0.4, 0.5) is 5.69 Å². The third-order valence-corrected chi connectivity index (χ3v) is 7.55. The van der Waals surface area contributed by atoms with Crippen LogP contribution in [0, 0.1) is 0 Å². The second kappa shape index (κ2) is 10.2. The van der Waals surface area contributed by atoms with Crippen molar-refractivity contribution in [3.63, 3.8) is 0 Å². The number of sulfonamides is 1. The van der Waals surface area contributed by atoms with E-state index in [0.717, 1.165) is 0 Å². The first-order valence-corrected chi connectivity index (χ1v) is 12.1. The first kappa shape index (κ1) is 23.8. The minimum absolute atomic E-state index is 0.0379. The van der Waals surface area contributed by atoms with Crippen molar-refractivity contribution in [3.05, 3.63) is 71.8 Å². The molecule has 0 radical (unpaired) electrons. The van der Waals surface area contributed by atoms with Gasteiger partial charge in [0.25, 0.3) is 15.9 Å². The molecule has 0 unspecified atom stereocenters. The van der Waals surface area contributed by atoms with Crippen molar-refractivity contribution >= 4 is 39.1 Å². The molecule has 3 rings (SSSR count). The number of hydrogen-bond donors (Lipinski definition) is 1. The van der Waals surface area contributed by atoms with Crippen LogP contribution in [0.2, 0.25) is 5.02 Å². The Morgan fingerprint density at radius 1 is 1.19 bits per heavy atom. The number of nitrogens with one attached hydrogen (secondary N) is 1. The normalized spacial score (nSPS) is 14.6. The summed E-state index contributed by atoms with van der Waals surface area (Å²) in [6.07, 6.45) is 2.78. The van der Waals surface area contributed by atoms with Gasteiger partial charge in [-0.25, -0.2) is 8.42 Å². The smallest absolute Gasteiger partial charge is 0.266 e. The molecule has 1 N–H and O–H groups in total. The van der Waals surface area contributed by atoms with Gasteiger partial charge in [0, 0.05) is 31.6 Å². The number of anilines is 1. The van der Waals surface area contributed by atoms with Crippen molar-refractivity contribution in [2.24, 2.45) is 0 Å². The molecule has 170 valence electrons. The summed E-state index contributed by atoms with van der Waals surface area (Å²) in [5, 5.41) is 2.91. The molecule has 0 saturated carbocycles. The summed E-state index contributed by atoms with van der Waals surface area (Å²) in [6.45, 7) is 6.13. The fourth-order valence-corrected chi connectivity index (χ4v) is 5.64. The highest BCUT2D eigenvalue weighted by atomic mass is 35.5. The van der Waals surface area contributed by atoms with Gasteiger partial charge in [-0.15, -0.1) is 6.58 Å². The van der Waals surface area contributed by atoms with Crippen LogP contribution in [0.5, 0.6) is 0 Å². The zero-order valence-corrected chi connectivity index (χ0v) is 19.4. The maximum atomic E-state index is 13.5. The molecule has 1 fully saturated rings. The summed E-state index contributed by atoms with van der Waals surface area (Å²) < 4.78 is 28.1. The summed E-state index contributed by atoms with van der Waals surface area (Å²) in [6, 6.07) is 13.0. The Morgan fingerprint density at radius 3 is 2.44 bits per heavy atom. The minimum Gasteiger partial charge on any atom is -0.353 e. The fraction of sp³-hybridized carbons (Fsp3) is 0.304. The van der Waals surface area contributed by atoms with Crippen molar-refractivity contribution in [2.45, 2.75) is 30.7 Å². The van der Waals surface area contributed by atoms with Gasteiger partial charge in [0.2, 0.25) is 5.91 Å². The molecule has 0 bridgehead atoms. The molecular formula is C23H26ClN3O4S. The van der Waals surface area contributed by atoms with Gasteiger partial charge in [0.15, 0.2) is 0 Å². The molecule has 2 aromatic carbocycles. The number of benzene rings is 2. The van der Waals surface area contributed by atoms with Crippen LogP contribution in [0.3, 0.4) is 0 Å². The fourth-order valence-electron chi connectivity index (χ4n) is 3.70. The highest BCUT2D eigenvalue weighted by Crippen LogP contribution is 2.30. The molecular weight excluding hydrogens is 450 g/mol. The number of hydrogen-bond acceptors (Lipinski definition) is 4. The van der Waals surface area contributed by atoms with Gasteiger partial charge in [-0.3, -0.25) is 13.9 Å². The van der Waals surface area contributed by atoms with Crippen molar-refractivity contribution in [3.8, 4) is 0 Å². The average molecular weight is 476 g/mol. The van der Waals surface area contributed by atoms with Crippen LogP contribution < -0.4 is 9.62 Å². The number of amides is 2. The molecule has 2 amide bonds. The van der Waals surface area contributed by atoms with Gasteiger partial charge in [-0.1, -0.05) is 35.9 Å². The second-order valence-electron chi connectivity index (χ2n) is 7.57. The Bertz CT molecular complexity index is 1100. The van der Waals surface area contributed by atoms with Gasteiger partial charge in [0.05, 0.1) is 17.3 Å². The summed E-state index contributed by atoms with van der Waals surface area (Å²) in [4.78, 5) is 25.8. The van der Waals surface area contributed by atoms with Crippen molar-refractivity contribution in [2.75, 3.05) is 23.9 Å². The number of nitrogens with zero attached hydrogens (tertiary/aromatic N) is 2. The maximum Gasteiger partial charge on any atom is 0.266 e. The number of halogens is 1. The van der Waals surface area contributed by atoms with Crippen LogP contribution in [-0.2, 0) is 14.8 Å². The van der Waals surface area contributed by atoms with E-state index in [9.17, 15) is 18.0 Å². The number of piperidine rings is 1. The Morgan fingerprint density at radius 2 is 1.84 bits per heavy atom. The zero-order chi connectivity index (χ0) is 23.3. The molecule has 0 aliphatic carbocycles. The maximum absolute atomic E-state index is 13.5. The van der Waals surface area contributed by atoms with E-state index in [4.69, 9.17) is 11.6 Å². The van der Waals surface area contributed by atoms with E-state index in [1.165, 1.54) is 35.5 Å². The number of para-hydroxylation sites is 1. The van der Waals surface area contributed by atoms with Gasteiger partial charge in [-0.05, 0) is 43.2 Å². The molecule has 32 heavy (non-hydrogen) atoms. The largest absolute Gasteiger partial charge is 0.353 e. The van der Waals surface area contributed by atoms with Crippen LogP contribution >= 0.6 is 11.6 Å². The molecule has 1 aliphatic rings. The van der Waals surface area contributed by atoms with E-state index in [-0.39, 0.29) is 39.9 Å². The zero-order valence-electron chi connectivity index (χ0n) is 17.8. The van der Waals surface area contributed by atoms with Crippen LogP contribution in [0.25, 0.3) is 0 Å². The first-order valence-electron chi connectivity index (χ1n) is 10.3. The van der Waals surface area contributed by atoms with Crippen molar-refractivity contribution < 1.29 is 18.0 Å². The average Bonchev–Trinajstić information content (AvgIpc) is 2.78. The van der Waals surface area contributed by atoms with Crippen molar-refractivity contribution in [1.29, 1.82) is 0 Å². The minimum atomic E-state index is -4.04. The molecule has 9 heteroatoms. The lowest BCUT2D eigenvalue weighted by Crippen LogP contribution is -2.46. The summed E-state index contributed by atoms with van der Waals surface area (Å²) >= 11 is 6.27. The molecule has 0 atom stereocenters. The monoisotopic (exact) mass is 475 g/mol. The lowest BCUT2D eigenvalue weighted by atomic mass is 10.0. The van der Waals surface area contributed by atoms with E-state index in [1.807, 2.05) is 0 Å². The van der Waals surface area contributed by atoms with Gasteiger partial charge >= 0.3 is 0 Å². The Hall–Kier alpha value is -2.84. The highest BCUT2D eigenvalue weighted by molar-refractivity contribution is 7.93. The van der Waals surface area contributed by atoms with Gasteiger partial charge in [-0.2, -0.15) is 0 Å². The van der Waals surface area contributed by atoms with E-state index in [0.29, 0.717) is 31.6 Å². The van der Waals surface area contributed by atoms with Crippen molar-refractivity contribution in [1.82, 2.24) is 10.2 Å². The molecule has 0 aromatic heterocycles. The summed E-state index contributed by atoms with van der Waals surface area (Å²) in [5.41, 5.74) is 0.720. The van der Waals surface area contributed by atoms with Gasteiger partial charge < -0.3 is 10.2 Å². The van der Waals surface area contributed by atoms with Crippen LogP contribution in [0.15, 0.2) is 66.1 Å². The third-order valence-electron chi connectivity index (χ3n) is 5.27. The van der Waals surface area contributed by atoms with E-state index in [1.54, 1.807) is 35.2 Å². The number of carbonyl (C=O) groups is 2. The molecule has 2 aromatic rings. The molecule has 1 saturated heterocycles. The number of carbonyl (C=O) groups excluding carboxylic acids is 2. The first-order chi connectivity index (χ1) is 15.2. The Labute approximate surface area is 193 Å². The topological polar surface area (TPSA) is 86.8 Å². The van der Waals surface area contributed by atoms with Crippen LogP contribution in [0.1, 0.15) is 30.1 Å². The molecule has 1 aliphatic heterocycles. The number of likely N-dealkylation sites (tertiary alicyclic amines) is 1. The number of rotatable bonds is 7. The third kappa shape index (κ3) is 5.31. The van der Waals surface area contributed by atoms with E-state index >= 15 is 0 Å². The SMILES string of the molecule is C=CCN(c1ccccc1)S(=O)(=O)c1cc(C(=O)N2CCC(NC(C)=O)CC2)ccc1Cl. The highest BCUT2D eigenvalue weighted by Gasteiger charge is 2.29. The Kier molecular flexibility index (Phi) is 7.58. The quantitative estimate of drug-likeness (QED) is 0.621. The lowest BCUT2D eigenvalue weighted by molar-refractivity contribution is -0.119. The Balaban J connectivity index is 1.87. The lowest BCUT2D eigenvalue weighted by Gasteiger charge is -2.32. The predicted octanol–water partition coefficient (Wildman–Crippen LogP) is 3.46. The predicted molar refractivity (Wildman–Crippen MR) is 125 cm³/mol. The molecule has 0 spiro atoms. The molecule has 1 heterocycles. The standard InChI is InChI=1S/C23H26ClN3O4S/c1-3-13-27(20-7-5-4-6-8-20)32(30,31)22-16-18(9-10-21(22)24)23(29)26-14-11-19(12-15-26)25-17(2)28/h3-10,16,19H,1,11-15H2,2H3,(H,25,28). The second-order valence-corrected chi connectivity index (χ2v) is 9.81. The molecule has 7 nitrogen and oxygen atoms in total.